The molecular formula is C24H23NO5. The summed E-state index contributed by atoms with van der Waals surface area (Å²) in [6, 6.07) is 21.0. The molecule has 1 aliphatic carbocycles. The summed E-state index contributed by atoms with van der Waals surface area (Å²) in [5, 5.41) is 12.2. The molecule has 0 aliphatic heterocycles. The maximum Gasteiger partial charge on any atom is 0.407 e. The molecule has 0 saturated carbocycles. The molecule has 6 heteroatoms. The Morgan fingerprint density at radius 3 is 2.30 bits per heavy atom. The molecular weight excluding hydrogens is 382 g/mol. The van der Waals surface area contributed by atoms with Crippen LogP contribution in [0.15, 0.2) is 66.7 Å². The number of ether oxygens (including phenoxy) is 3. The zero-order valence-corrected chi connectivity index (χ0v) is 16.6. The Bertz CT molecular complexity index is 1000. The molecule has 0 bridgehead atoms. The van der Waals surface area contributed by atoms with E-state index in [1.54, 1.807) is 6.07 Å². The first-order valence-corrected chi connectivity index (χ1v) is 9.76. The average Bonchev–Trinajstić information content (AvgIpc) is 3.10. The molecule has 0 heterocycles. The maximum atomic E-state index is 12.2. The molecule has 0 saturated heterocycles. The lowest BCUT2D eigenvalue weighted by molar-refractivity contribution is 0.141. The van der Waals surface area contributed by atoms with Crippen LogP contribution in [0.2, 0.25) is 0 Å². The molecule has 6 nitrogen and oxygen atoms in total. The molecule has 0 atom stereocenters. The van der Waals surface area contributed by atoms with Crippen molar-refractivity contribution in [1.82, 2.24) is 5.32 Å². The number of benzene rings is 3. The fourth-order valence-corrected chi connectivity index (χ4v) is 3.74. The van der Waals surface area contributed by atoms with Gasteiger partial charge in [-0.05, 0) is 34.4 Å². The number of phenols is 1. The zero-order chi connectivity index (χ0) is 20.9. The number of amides is 1. The second kappa shape index (κ2) is 8.78. The fraction of sp³-hybridized carbons (Fsp3) is 0.208. The van der Waals surface area contributed by atoms with Crippen molar-refractivity contribution in [3.05, 3.63) is 77.9 Å². The number of fused-ring (bicyclic) bond motifs is 3. The number of phenolic OH excluding ortho intramolecular Hbond substituents is 1. The minimum Gasteiger partial charge on any atom is -0.508 e. The number of aromatic hydroxyl groups is 1. The van der Waals surface area contributed by atoms with Crippen LogP contribution in [0.3, 0.4) is 0 Å². The first-order chi connectivity index (χ1) is 14.7. The molecule has 0 fully saturated rings. The van der Waals surface area contributed by atoms with Crippen molar-refractivity contribution in [3.63, 3.8) is 0 Å². The second-order valence-corrected chi connectivity index (χ2v) is 6.94. The van der Waals surface area contributed by atoms with Gasteiger partial charge in [0, 0.05) is 12.0 Å². The van der Waals surface area contributed by atoms with E-state index in [1.165, 1.54) is 41.5 Å². The van der Waals surface area contributed by atoms with Crippen LogP contribution < -0.4 is 14.8 Å². The van der Waals surface area contributed by atoms with Crippen LogP contribution in [0, 0.1) is 0 Å². The highest BCUT2D eigenvalue weighted by molar-refractivity contribution is 5.79. The van der Waals surface area contributed by atoms with E-state index in [4.69, 9.17) is 14.2 Å². The van der Waals surface area contributed by atoms with E-state index >= 15 is 0 Å². The fourth-order valence-electron chi connectivity index (χ4n) is 3.74. The largest absolute Gasteiger partial charge is 0.508 e. The number of carbonyl (C=O) groups excluding carboxylic acids is 1. The SMILES string of the molecule is COc1cc(O)ccc1OCCNC(=O)OCC1c2ccccc2-c2ccccc21. The zero-order valence-electron chi connectivity index (χ0n) is 16.6. The minimum absolute atomic E-state index is 0.0284. The molecule has 30 heavy (non-hydrogen) atoms. The van der Waals surface area contributed by atoms with E-state index in [0.717, 1.165) is 0 Å². The number of hydrogen-bond donors (Lipinski definition) is 2. The molecule has 154 valence electrons. The lowest BCUT2D eigenvalue weighted by Crippen LogP contribution is -2.29. The van der Waals surface area contributed by atoms with E-state index in [-0.39, 0.29) is 31.4 Å². The summed E-state index contributed by atoms with van der Waals surface area (Å²) in [5.74, 6) is 1.04. The third kappa shape index (κ3) is 4.03. The van der Waals surface area contributed by atoms with Crippen LogP contribution >= 0.6 is 0 Å². The first kappa shape index (κ1) is 19.6. The van der Waals surface area contributed by atoms with Gasteiger partial charge < -0.3 is 24.6 Å². The highest BCUT2D eigenvalue weighted by Gasteiger charge is 2.28. The summed E-state index contributed by atoms with van der Waals surface area (Å²) in [4.78, 5) is 12.2. The van der Waals surface area contributed by atoms with Gasteiger partial charge in [-0.2, -0.15) is 0 Å². The molecule has 0 unspecified atom stereocenters. The average molecular weight is 405 g/mol. The van der Waals surface area contributed by atoms with Gasteiger partial charge in [0.2, 0.25) is 0 Å². The van der Waals surface area contributed by atoms with Gasteiger partial charge in [0.05, 0.1) is 13.7 Å². The smallest absolute Gasteiger partial charge is 0.407 e. The Hall–Kier alpha value is -3.67. The number of methoxy groups -OCH3 is 1. The Morgan fingerprint density at radius 2 is 1.63 bits per heavy atom. The number of nitrogens with one attached hydrogen (secondary N) is 1. The third-order valence-electron chi connectivity index (χ3n) is 5.12. The van der Waals surface area contributed by atoms with Gasteiger partial charge in [0.25, 0.3) is 0 Å². The van der Waals surface area contributed by atoms with Crippen LogP contribution in [0.5, 0.6) is 17.2 Å². The summed E-state index contributed by atoms with van der Waals surface area (Å²) >= 11 is 0. The monoisotopic (exact) mass is 405 g/mol. The minimum atomic E-state index is -0.488. The van der Waals surface area contributed by atoms with Gasteiger partial charge in [-0.3, -0.25) is 0 Å². The van der Waals surface area contributed by atoms with Crippen molar-refractivity contribution < 1.29 is 24.1 Å². The molecule has 2 N–H and O–H groups in total. The van der Waals surface area contributed by atoms with E-state index in [1.807, 2.05) is 24.3 Å². The van der Waals surface area contributed by atoms with Gasteiger partial charge in [0.1, 0.15) is 19.0 Å². The number of alkyl carbamates (subject to hydrolysis) is 1. The predicted octanol–water partition coefficient (Wildman–Crippen LogP) is 4.32. The van der Waals surface area contributed by atoms with Gasteiger partial charge >= 0.3 is 6.09 Å². The first-order valence-electron chi connectivity index (χ1n) is 9.76. The quantitative estimate of drug-likeness (QED) is 0.573. The van der Waals surface area contributed by atoms with Crippen LogP contribution in [0.25, 0.3) is 11.1 Å². The summed E-state index contributed by atoms with van der Waals surface area (Å²) < 4.78 is 16.2. The number of rotatable bonds is 7. The molecule has 0 spiro atoms. The van der Waals surface area contributed by atoms with Crippen LogP contribution in [-0.4, -0.2) is 38.1 Å². The highest BCUT2D eigenvalue weighted by atomic mass is 16.5. The summed E-state index contributed by atoms with van der Waals surface area (Å²) in [6.45, 7) is 0.790. The highest BCUT2D eigenvalue weighted by Crippen LogP contribution is 2.44. The lowest BCUT2D eigenvalue weighted by atomic mass is 9.98. The predicted molar refractivity (Wildman–Crippen MR) is 113 cm³/mol. The maximum absolute atomic E-state index is 12.2. The molecule has 0 radical (unpaired) electrons. The normalized spacial score (nSPS) is 12.0. The molecule has 3 aromatic rings. The van der Waals surface area contributed by atoms with Crippen molar-refractivity contribution in [1.29, 1.82) is 0 Å². The van der Waals surface area contributed by atoms with Crippen LogP contribution in [0.4, 0.5) is 4.79 Å². The van der Waals surface area contributed by atoms with Crippen LogP contribution in [0.1, 0.15) is 17.0 Å². The second-order valence-electron chi connectivity index (χ2n) is 6.94. The number of carbonyl (C=O) groups is 1. The molecule has 1 amide bonds. The van der Waals surface area contributed by atoms with Crippen molar-refractivity contribution in [3.8, 4) is 28.4 Å². The van der Waals surface area contributed by atoms with Gasteiger partial charge in [0.15, 0.2) is 11.5 Å². The van der Waals surface area contributed by atoms with Gasteiger partial charge in [-0.1, -0.05) is 48.5 Å². The summed E-state index contributed by atoms with van der Waals surface area (Å²) in [6.07, 6.45) is -0.488. The standard InChI is InChI=1S/C24H23NO5/c1-28-23-14-16(26)10-11-22(23)29-13-12-25-24(27)30-15-21-19-8-4-2-6-17(19)18-7-3-5-9-20(18)21/h2-11,14,21,26H,12-13,15H2,1H3,(H,25,27). The Morgan fingerprint density at radius 1 is 0.967 bits per heavy atom. The molecule has 0 aromatic heterocycles. The summed E-state index contributed by atoms with van der Waals surface area (Å²) in [7, 11) is 1.50. The number of hydrogen-bond acceptors (Lipinski definition) is 5. The summed E-state index contributed by atoms with van der Waals surface area (Å²) in [5.41, 5.74) is 4.74. The van der Waals surface area contributed by atoms with Crippen molar-refractivity contribution in [2.24, 2.45) is 0 Å². The van der Waals surface area contributed by atoms with Crippen LogP contribution in [-0.2, 0) is 4.74 Å². The third-order valence-corrected chi connectivity index (χ3v) is 5.12. The Labute approximate surface area is 175 Å². The van der Waals surface area contributed by atoms with Crippen molar-refractivity contribution >= 4 is 6.09 Å². The van der Waals surface area contributed by atoms with Gasteiger partial charge in [-0.15, -0.1) is 0 Å². The van der Waals surface area contributed by atoms with Crippen molar-refractivity contribution in [2.75, 3.05) is 26.9 Å². The Kier molecular flexibility index (Phi) is 5.75. The van der Waals surface area contributed by atoms with Gasteiger partial charge in [-0.25, -0.2) is 4.79 Å². The van der Waals surface area contributed by atoms with Crippen molar-refractivity contribution in [2.45, 2.75) is 5.92 Å². The molecule has 4 rings (SSSR count). The topological polar surface area (TPSA) is 77.0 Å². The molecule has 3 aromatic carbocycles. The van der Waals surface area contributed by atoms with E-state index in [9.17, 15) is 9.90 Å². The van der Waals surface area contributed by atoms with E-state index in [2.05, 4.69) is 29.6 Å². The van der Waals surface area contributed by atoms with E-state index < -0.39 is 6.09 Å². The Balaban J connectivity index is 1.29. The van der Waals surface area contributed by atoms with E-state index in [0.29, 0.717) is 11.5 Å². The lowest BCUT2D eigenvalue weighted by Gasteiger charge is -2.15. The molecule has 1 aliphatic rings.